The van der Waals surface area contributed by atoms with Crippen LogP contribution in [0.2, 0.25) is 5.02 Å². The van der Waals surface area contributed by atoms with Gasteiger partial charge < -0.3 is 4.98 Å². The molecule has 0 unspecified atom stereocenters. The second-order valence-electron chi connectivity index (χ2n) is 4.17. The van der Waals surface area contributed by atoms with Crippen LogP contribution in [0.4, 0.5) is 0 Å². The number of nitrogens with zero attached hydrogens (tertiary/aromatic N) is 2. The molecule has 0 bridgehead atoms. The molecular weight excluding hydrogens is 358 g/mol. The third kappa shape index (κ3) is 2.06. The molecule has 0 saturated carbocycles. The molecule has 2 aromatic carbocycles. The number of hydrogen-bond donors (Lipinski definition) is 1. The van der Waals surface area contributed by atoms with E-state index in [-0.39, 0.29) is 0 Å². The van der Waals surface area contributed by atoms with Crippen molar-refractivity contribution in [2.75, 3.05) is 0 Å². The molecule has 98 valence electrons. The van der Waals surface area contributed by atoms with E-state index < -0.39 is 0 Å². The third-order valence-electron chi connectivity index (χ3n) is 2.99. The number of rotatable bonds is 1. The minimum absolute atomic E-state index is 0.519. The fourth-order valence-corrected chi connectivity index (χ4v) is 3.01. The summed E-state index contributed by atoms with van der Waals surface area (Å²) in [6.45, 7) is 0. The number of nitrogens with one attached hydrogen (secondary N) is 1. The molecule has 20 heavy (non-hydrogen) atoms. The first kappa shape index (κ1) is 13.4. The SMILES string of the molecule is N#Cc1cccc2c1[nH]c(=S)n2-c1cc(Cl)ccc1Br. The smallest absolute Gasteiger partial charge is 0.182 e. The molecule has 1 aromatic heterocycles. The van der Waals surface area contributed by atoms with Gasteiger partial charge in [0, 0.05) is 9.50 Å². The molecule has 0 aliphatic rings. The van der Waals surface area contributed by atoms with Crippen LogP contribution in [0.5, 0.6) is 0 Å². The van der Waals surface area contributed by atoms with Gasteiger partial charge in [-0.15, -0.1) is 0 Å². The fourth-order valence-electron chi connectivity index (χ4n) is 2.12. The van der Waals surface area contributed by atoms with Crippen LogP contribution in [0.1, 0.15) is 5.56 Å². The van der Waals surface area contributed by atoms with Crippen molar-refractivity contribution in [2.24, 2.45) is 0 Å². The summed E-state index contributed by atoms with van der Waals surface area (Å²) in [5.74, 6) is 0. The Labute approximate surface area is 133 Å². The Morgan fingerprint density at radius 1 is 1.30 bits per heavy atom. The molecule has 0 spiro atoms. The van der Waals surface area contributed by atoms with Gasteiger partial charge in [-0.3, -0.25) is 4.57 Å². The van der Waals surface area contributed by atoms with Gasteiger partial charge in [0.05, 0.1) is 22.3 Å². The van der Waals surface area contributed by atoms with E-state index in [1.165, 1.54) is 0 Å². The van der Waals surface area contributed by atoms with Crippen LogP contribution >= 0.6 is 39.7 Å². The molecule has 1 heterocycles. The lowest BCUT2D eigenvalue weighted by atomic mass is 10.2. The van der Waals surface area contributed by atoms with E-state index in [4.69, 9.17) is 29.1 Å². The van der Waals surface area contributed by atoms with Crippen LogP contribution in [0.15, 0.2) is 40.9 Å². The van der Waals surface area contributed by atoms with Crippen LogP contribution in [0, 0.1) is 16.1 Å². The Kier molecular flexibility index (Phi) is 3.38. The molecular formula is C14H7BrClN3S. The van der Waals surface area contributed by atoms with E-state index in [1.807, 2.05) is 28.8 Å². The Balaban J connectivity index is 2.44. The van der Waals surface area contributed by atoms with Crippen molar-refractivity contribution in [1.29, 1.82) is 5.26 Å². The highest BCUT2D eigenvalue weighted by Crippen LogP contribution is 2.29. The lowest BCUT2D eigenvalue weighted by Gasteiger charge is -2.07. The molecule has 3 aromatic rings. The zero-order valence-corrected chi connectivity index (χ0v) is 13.2. The lowest BCUT2D eigenvalue weighted by Crippen LogP contribution is -1.95. The number of para-hydroxylation sites is 1. The van der Waals surface area contributed by atoms with Crippen molar-refractivity contribution >= 4 is 50.8 Å². The minimum atomic E-state index is 0.519. The van der Waals surface area contributed by atoms with E-state index in [1.54, 1.807) is 12.1 Å². The average molecular weight is 365 g/mol. The summed E-state index contributed by atoms with van der Waals surface area (Å²) >= 11 is 14.9. The van der Waals surface area contributed by atoms with E-state index in [0.717, 1.165) is 21.2 Å². The minimum Gasteiger partial charge on any atom is -0.329 e. The largest absolute Gasteiger partial charge is 0.329 e. The summed E-state index contributed by atoms with van der Waals surface area (Å²) in [4.78, 5) is 3.08. The number of hydrogen-bond acceptors (Lipinski definition) is 2. The standard InChI is InChI=1S/C14H7BrClN3S/c15-10-5-4-9(16)6-12(10)19-11-3-1-2-8(7-17)13(11)18-14(19)20/h1-6H,(H,18,20). The van der Waals surface area contributed by atoms with E-state index in [0.29, 0.717) is 15.4 Å². The fraction of sp³-hybridized carbons (Fsp3) is 0. The van der Waals surface area contributed by atoms with E-state index in [2.05, 4.69) is 27.0 Å². The van der Waals surface area contributed by atoms with E-state index >= 15 is 0 Å². The molecule has 0 aliphatic carbocycles. The summed E-state index contributed by atoms with van der Waals surface area (Å²) in [6.07, 6.45) is 0. The van der Waals surface area contributed by atoms with Gasteiger partial charge in [-0.1, -0.05) is 17.7 Å². The highest BCUT2D eigenvalue weighted by molar-refractivity contribution is 9.10. The van der Waals surface area contributed by atoms with E-state index in [9.17, 15) is 0 Å². The number of aromatic nitrogens is 2. The van der Waals surface area contributed by atoms with Crippen molar-refractivity contribution < 1.29 is 0 Å². The van der Waals surface area contributed by atoms with Crippen LogP contribution in [-0.2, 0) is 0 Å². The highest BCUT2D eigenvalue weighted by Gasteiger charge is 2.12. The van der Waals surface area contributed by atoms with Gasteiger partial charge in [-0.05, 0) is 58.5 Å². The number of nitriles is 1. The first-order chi connectivity index (χ1) is 9.61. The van der Waals surface area contributed by atoms with Gasteiger partial charge in [0.1, 0.15) is 6.07 Å². The monoisotopic (exact) mass is 363 g/mol. The molecule has 0 radical (unpaired) electrons. The number of halogens is 2. The second-order valence-corrected chi connectivity index (χ2v) is 5.85. The van der Waals surface area contributed by atoms with Gasteiger partial charge in [-0.2, -0.15) is 5.26 Å². The number of benzene rings is 2. The number of imidazole rings is 1. The van der Waals surface area contributed by atoms with Gasteiger partial charge in [0.15, 0.2) is 4.77 Å². The third-order valence-corrected chi connectivity index (χ3v) is 4.18. The maximum atomic E-state index is 9.16. The lowest BCUT2D eigenvalue weighted by molar-refractivity contribution is 1.06. The Morgan fingerprint density at radius 2 is 2.10 bits per heavy atom. The summed E-state index contributed by atoms with van der Waals surface area (Å²) in [7, 11) is 0. The second kappa shape index (κ2) is 5.06. The predicted molar refractivity (Wildman–Crippen MR) is 85.9 cm³/mol. The van der Waals surface area contributed by atoms with Crippen molar-refractivity contribution in [3.8, 4) is 11.8 Å². The zero-order valence-electron chi connectivity index (χ0n) is 10.0. The molecule has 0 aliphatic heterocycles. The topological polar surface area (TPSA) is 44.5 Å². The maximum absolute atomic E-state index is 9.16. The molecule has 0 amide bonds. The molecule has 1 N–H and O–H groups in total. The molecule has 3 nitrogen and oxygen atoms in total. The molecule has 0 atom stereocenters. The Hall–Kier alpha value is -1.61. The van der Waals surface area contributed by atoms with Gasteiger partial charge in [0.25, 0.3) is 0 Å². The van der Waals surface area contributed by atoms with Crippen LogP contribution in [0.25, 0.3) is 16.7 Å². The predicted octanol–water partition coefficient (Wildman–Crippen LogP) is 4.98. The van der Waals surface area contributed by atoms with Gasteiger partial charge >= 0.3 is 0 Å². The molecule has 3 rings (SSSR count). The number of aromatic amines is 1. The maximum Gasteiger partial charge on any atom is 0.182 e. The number of fused-ring (bicyclic) bond motifs is 1. The first-order valence-corrected chi connectivity index (χ1v) is 7.29. The number of H-pyrrole nitrogens is 1. The zero-order chi connectivity index (χ0) is 14.3. The summed E-state index contributed by atoms with van der Waals surface area (Å²) < 4.78 is 3.26. The van der Waals surface area contributed by atoms with Crippen LogP contribution in [-0.4, -0.2) is 9.55 Å². The summed E-state index contributed by atoms with van der Waals surface area (Å²) in [5.41, 5.74) is 2.97. The van der Waals surface area contributed by atoms with Gasteiger partial charge in [-0.25, -0.2) is 0 Å². The van der Waals surface area contributed by atoms with Crippen molar-refractivity contribution in [3.05, 3.63) is 56.2 Å². The van der Waals surface area contributed by atoms with Gasteiger partial charge in [0.2, 0.25) is 0 Å². The highest BCUT2D eigenvalue weighted by atomic mass is 79.9. The van der Waals surface area contributed by atoms with Crippen molar-refractivity contribution in [2.45, 2.75) is 0 Å². The normalized spacial score (nSPS) is 10.7. The summed E-state index contributed by atoms with van der Waals surface area (Å²) in [5, 5.41) is 9.78. The quantitative estimate of drug-likeness (QED) is 0.619. The molecule has 0 saturated heterocycles. The van der Waals surface area contributed by atoms with Crippen LogP contribution < -0.4 is 0 Å². The molecule has 0 fully saturated rings. The van der Waals surface area contributed by atoms with Crippen molar-refractivity contribution in [1.82, 2.24) is 9.55 Å². The van der Waals surface area contributed by atoms with Crippen molar-refractivity contribution in [3.63, 3.8) is 0 Å². The van der Waals surface area contributed by atoms with Crippen LogP contribution in [0.3, 0.4) is 0 Å². The Bertz CT molecular complexity index is 920. The first-order valence-electron chi connectivity index (χ1n) is 5.71. The molecule has 6 heteroatoms. The Morgan fingerprint density at radius 3 is 2.85 bits per heavy atom. The summed E-state index contributed by atoms with van der Waals surface area (Å²) in [6, 6.07) is 13.2. The average Bonchev–Trinajstić information content (AvgIpc) is 2.77.